The smallest absolute Gasteiger partial charge is 0.428 e. The number of pyridine rings is 1. The van der Waals surface area contributed by atoms with E-state index < -0.39 is 48.1 Å². The molecule has 2 aromatic carbocycles. The van der Waals surface area contributed by atoms with Gasteiger partial charge in [0.25, 0.3) is 0 Å². The van der Waals surface area contributed by atoms with E-state index in [1.165, 1.54) is 18.3 Å². The van der Waals surface area contributed by atoms with Crippen LogP contribution in [-0.2, 0) is 9.63 Å². The highest BCUT2D eigenvalue weighted by Crippen LogP contribution is 2.39. The summed E-state index contributed by atoms with van der Waals surface area (Å²) in [6.07, 6.45) is -3.71. The number of alkyl halides is 4. The van der Waals surface area contributed by atoms with Crippen molar-refractivity contribution in [2.24, 2.45) is 5.92 Å². The van der Waals surface area contributed by atoms with Gasteiger partial charge in [0, 0.05) is 12.3 Å². The number of ether oxygens (including phenoxy) is 1. The normalized spacial score (nSPS) is 15.5. The third-order valence-electron chi connectivity index (χ3n) is 6.79. The molecule has 0 aliphatic heterocycles. The molecule has 13 heteroatoms. The van der Waals surface area contributed by atoms with Crippen LogP contribution in [0.25, 0.3) is 0 Å². The molecule has 0 bridgehead atoms. The Balaban J connectivity index is 1.70. The van der Waals surface area contributed by atoms with E-state index >= 15 is 0 Å². The quantitative estimate of drug-likeness (QED) is 0.195. The summed E-state index contributed by atoms with van der Waals surface area (Å²) in [5, 5.41) is 2.94. The molecule has 2 atom stereocenters. The van der Waals surface area contributed by atoms with Crippen molar-refractivity contribution in [2.75, 3.05) is 0 Å². The number of nitrogens with zero attached hydrogens (tertiary/aromatic N) is 1. The highest BCUT2D eigenvalue weighted by atomic mass is 35.5. The Hall–Kier alpha value is -3.93. The highest BCUT2D eigenvalue weighted by molar-refractivity contribution is 6.30. The Morgan fingerprint density at radius 1 is 0.976 bits per heavy atom. The Morgan fingerprint density at radius 3 is 2.33 bits per heavy atom. The summed E-state index contributed by atoms with van der Waals surface area (Å²) in [6, 6.07) is 11.8. The van der Waals surface area contributed by atoms with Crippen LogP contribution in [0.2, 0.25) is 5.02 Å². The fourth-order valence-corrected chi connectivity index (χ4v) is 4.95. The number of aromatic nitrogens is 1. The second-order valence-corrected chi connectivity index (χ2v) is 10.2. The maximum absolute atomic E-state index is 14.7. The topological polar surface area (TPSA) is 89.5 Å². The van der Waals surface area contributed by atoms with Crippen molar-refractivity contribution in [3.8, 4) is 5.75 Å². The molecule has 4 rings (SSSR count). The molecule has 1 unspecified atom stereocenters. The number of hydrogen-bond donors (Lipinski definition) is 2. The minimum Gasteiger partial charge on any atom is -0.428 e. The van der Waals surface area contributed by atoms with Crippen molar-refractivity contribution < 1.29 is 41.1 Å². The number of amides is 2. The number of carbonyl (C=O) groups excluding carboxylic acids is 2. The van der Waals surface area contributed by atoms with Gasteiger partial charge in [-0.2, -0.15) is 23.0 Å². The molecule has 2 N–H and O–H groups in total. The van der Waals surface area contributed by atoms with Gasteiger partial charge in [0.1, 0.15) is 11.6 Å². The monoisotopic (exact) mass is 611 g/mol. The molecular weight excluding hydrogens is 585 g/mol. The zero-order valence-electron chi connectivity index (χ0n) is 22.0. The lowest BCUT2D eigenvalue weighted by Crippen LogP contribution is -2.42. The van der Waals surface area contributed by atoms with Crippen LogP contribution in [0.3, 0.4) is 0 Å². The van der Waals surface area contributed by atoms with Crippen molar-refractivity contribution in [2.45, 2.75) is 56.6 Å². The predicted molar refractivity (Wildman–Crippen MR) is 143 cm³/mol. The summed E-state index contributed by atoms with van der Waals surface area (Å²) in [5.41, 5.74) is 2.73. The second kappa shape index (κ2) is 13.8. The first-order valence-corrected chi connectivity index (χ1v) is 13.5. The van der Waals surface area contributed by atoms with Crippen LogP contribution < -0.4 is 15.5 Å². The largest absolute Gasteiger partial charge is 0.461 e. The van der Waals surface area contributed by atoms with Crippen LogP contribution in [-0.4, -0.2) is 29.5 Å². The van der Waals surface area contributed by atoms with Crippen LogP contribution in [0.5, 0.6) is 5.75 Å². The first-order chi connectivity index (χ1) is 20.0. The lowest BCUT2D eigenvalue weighted by atomic mass is 9.84. The van der Waals surface area contributed by atoms with E-state index in [-0.39, 0.29) is 22.2 Å². The number of halogens is 6. The van der Waals surface area contributed by atoms with Crippen molar-refractivity contribution in [3.63, 3.8) is 0 Å². The van der Waals surface area contributed by atoms with Gasteiger partial charge in [-0.3, -0.25) is 4.98 Å². The molecule has 3 aromatic rings. The van der Waals surface area contributed by atoms with Crippen LogP contribution in [0.4, 0.5) is 26.7 Å². The third-order valence-corrected chi connectivity index (χ3v) is 7.01. The molecule has 1 heterocycles. The van der Waals surface area contributed by atoms with Crippen molar-refractivity contribution in [1.82, 2.24) is 15.8 Å². The van der Waals surface area contributed by atoms with Crippen LogP contribution in [0, 0.1) is 11.7 Å². The molecule has 1 saturated carbocycles. The fraction of sp³-hybridized carbons (Fsp3) is 0.345. The summed E-state index contributed by atoms with van der Waals surface area (Å²) in [4.78, 5) is 34.8. The van der Waals surface area contributed by atoms with Crippen LogP contribution in [0.1, 0.15) is 60.9 Å². The van der Waals surface area contributed by atoms with Gasteiger partial charge in [-0.05, 0) is 48.2 Å². The molecule has 0 radical (unpaired) electrons. The number of hydrogen-bond acceptors (Lipinski definition) is 5. The van der Waals surface area contributed by atoms with Gasteiger partial charge in [0.2, 0.25) is 0 Å². The van der Waals surface area contributed by atoms with E-state index in [0.717, 1.165) is 31.4 Å². The lowest BCUT2D eigenvalue weighted by molar-refractivity contribution is -0.253. The molecule has 1 fully saturated rings. The summed E-state index contributed by atoms with van der Waals surface area (Å²) in [6.45, 7) is 0. The summed E-state index contributed by atoms with van der Waals surface area (Å²) < 4.78 is 72.0. The van der Waals surface area contributed by atoms with Crippen LogP contribution >= 0.6 is 11.6 Å². The van der Waals surface area contributed by atoms with Gasteiger partial charge < -0.3 is 14.9 Å². The Labute approximate surface area is 243 Å². The van der Waals surface area contributed by atoms with Gasteiger partial charge in [0.15, 0.2) is 0 Å². The van der Waals surface area contributed by atoms with Crippen molar-refractivity contribution in [3.05, 3.63) is 94.5 Å². The Bertz CT molecular complexity index is 1360. The minimum absolute atomic E-state index is 0.0433. The van der Waals surface area contributed by atoms with Gasteiger partial charge in [-0.15, -0.1) is 0 Å². The van der Waals surface area contributed by atoms with Gasteiger partial charge in [-0.1, -0.05) is 61.2 Å². The maximum Gasteiger partial charge on any atom is 0.461 e. The number of carbonyl (C=O) groups is 2. The van der Waals surface area contributed by atoms with Gasteiger partial charge in [0.05, 0.1) is 28.6 Å². The zero-order valence-corrected chi connectivity index (χ0v) is 22.8. The molecule has 7 nitrogen and oxygen atoms in total. The van der Waals surface area contributed by atoms with Crippen molar-refractivity contribution >= 4 is 23.6 Å². The first kappa shape index (κ1) is 31.0. The SMILES string of the molecule is O=C(NOC(=O)C1CCCCC1)NC(c1ccccc1)[C@@H](c1cc(F)cc(OC(F)(F)C(F)F)c1)c1ccc(Cl)cn1. The molecule has 1 aliphatic carbocycles. The minimum atomic E-state index is -4.89. The molecule has 0 spiro atoms. The lowest BCUT2D eigenvalue weighted by Gasteiger charge is -2.29. The Morgan fingerprint density at radius 2 is 1.69 bits per heavy atom. The molecule has 0 saturated heterocycles. The van der Waals surface area contributed by atoms with E-state index in [1.807, 2.05) is 0 Å². The first-order valence-electron chi connectivity index (χ1n) is 13.1. The van der Waals surface area contributed by atoms with Gasteiger partial charge >= 0.3 is 24.5 Å². The van der Waals surface area contributed by atoms with E-state index in [9.17, 15) is 31.5 Å². The second-order valence-electron chi connectivity index (χ2n) is 9.78. The average molecular weight is 612 g/mol. The standard InChI is InChI=1S/C29H27ClF5N3O4/c30-20-11-12-23(36-16-20)24(19-13-21(31)15-22(14-19)41-29(34,35)27(32)33)25(17-7-3-1-4-8-17)37-28(40)38-42-26(39)18-9-5-2-6-10-18/h1,3-4,7-8,11-16,18,24-25,27H,2,5-6,9-10H2,(H2,37,38,40)/t24-,25?/m0/s1. The summed E-state index contributed by atoms with van der Waals surface area (Å²) in [5.74, 6) is -3.95. The van der Waals surface area contributed by atoms with Crippen molar-refractivity contribution in [1.29, 1.82) is 0 Å². The van der Waals surface area contributed by atoms with E-state index in [0.29, 0.717) is 24.5 Å². The van der Waals surface area contributed by atoms with Crippen LogP contribution in [0.15, 0.2) is 66.9 Å². The number of benzene rings is 2. The zero-order chi connectivity index (χ0) is 30.3. The third kappa shape index (κ3) is 8.09. The molecule has 42 heavy (non-hydrogen) atoms. The fourth-order valence-electron chi connectivity index (χ4n) is 4.84. The maximum atomic E-state index is 14.7. The molecule has 1 aliphatic rings. The number of hydroxylamine groups is 1. The predicted octanol–water partition coefficient (Wildman–Crippen LogP) is 7.32. The number of urea groups is 1. The van der Waals surface area contributed by atoms with Gasteiger partial charge in [-0.25, -0.2) is 14.0 Å². The molecule has 224 valence electrons. The van der Waals surface area contributed by atoms with E-state index in [2.05, 4.69) is 20.5 Å². The number of rotatable bonds is 9. The number of nitrogens with one attached hydrogen (secondary N) is 2. The summed E-state index contributed by atoms with van der Waals surface area (Å²) >= 11 is 6.01. The average Bonchev–Trinajstić information content (AvgIpc) is 2.97. The molecule has 1 aromatic heterocycles. The Kier molecular flexibility index (Phi) is 10.2. The molecular formula is C29H27ClF5N3O4. The van der Waals surface area contributed by atoms with E-state index in [1.54, 1.807) is 30.3 Å². The van der Waals surface area contributed by atoms with E-state index in [4.69, 9.17) is 16.4 Å². The molecule has 2 amide bonds. The summed E-state index contributed by atoms with van der Waals surface area (Å²) in [7, 11) is 0. The highest BCUT2D eigenvalue weighted by Gasteiger charge is 2.44.